The van der Waals surface area contributed by atoms with E-state index in [1.807, 2.05) is 6.92 Å². The minimum absolute atomic E-state index is 0.132. The van der Waals surface area contributed by atoms with Gasteiger partial charge in [0.15, 0.2) is 17.6 Å². The summed E-state index contributed by atoms with van der Waals surface area (Å²) in [6, 6.07) is 0. The van der Waals surface area contributed by atoms with Crippen molar-refractivity contribution in [3.63, 3.8) is 0 Å². The summed E-state index contributed by atoms with van der Waals surface area (Å²) in [4.78, 5) is 22.8. The molecule has 9 heteroatoms. The van der Waals surface area contributed by atoms with Crippen LogP contribution in [0.25, 0.3) is 11.2 Å². The Morgan fingerprint density at radius 2 is 2.15 bits per heavy atom. The molecule has 2 rings (SSSR count). The number of aromatic nitrogens is 4. The first kappa shape index (κ1) is 14.2. The highest BCUT2D eigenvalue weighted by atomic mass is 16.4. The monoisotopic (exact) mass is 281 g/mol. The molecule has 0 spiro atoms. The van der Waals surface area contributed by atoms with Gasteiger partial charge in [-0.2, -0.15) is 0 Å². The van der Waals surface area contributed by atoms with Crippen molar-refractivity contribution in [3.8, 4) is 0 Å². The topological polar surface area (TPSA) is 133 Å². The average Bonchev–Trinajstić information content (AvgIpc) is 2.82. The first-order valence-corrected chi connectivity index (χ1v) is 6.03. The summed E-state index contributed by atoms with van der Waals surface area (Å²) >= 11 is 0. The minimum Gasteiger partial charge on any atom is -0.479 e. The van der Waals surface area contributed by atoms with Gasteiger partial charge in [0.2, 0.25) is 0 Å². The Kier molecular flexibility index (Phi) is 4.11. The van der Waals surface area contributed by atoms with Crippen LogP contribution in [-0.2, 0) is 11.3 Å². The van der Waals surface area contributed by atoms with Gasteiger partial charge in [-0.05, 0) is 6.92 Å². The van der Waals surface area contributed by atoms with Crippen LogP contribution in [-0.4, -0.2) is 59.6 Å². The van der Waals surface area contributed by atoms with Crippen molar-refractivity contribution in [2.45, 2.75) is 25.7 Å². The lowest BCUT2D eigenvalue weighted by atomic mass is 10.2. The second-order valence-electron chi connectivity index (χ2n) is 4.17. The lowest BCUT2D eigenvalue weighted by Crippen LogP contribution is -2.36. The van der Waals surface area contributed by atoms with Crippen molar-refractivity contribution in [3.05, 3.63) is 12.7 Å². The lowest BCUT2D eigenvalue weighted by Gasteiger charge is -2.14. The van der Waals surface area contributed by atoms with Gasteiger partial charge in [0, 0.05) is 6.54 Å². The van der Waals surface area contributed by atoms with E-state index >= 15 is 0 Å². The third kappa shape index (κ3) is 2.68. The molecule has 4 N–H and O–H groups in total. The van der Waals surface area contributed by atoms with Crippen molar-refractivity contribution in [2.24, 2.45) is 0 Å². The van der Waals surface area contributed by atoms with Crippen LogP contribution < -0.4 is 5.32 Å². The molecule has 0 amide bonds. The Morgan fingerprint density at radius 3 is 2.80 bits per heavy atom. The molecule has 2 aromatic heterocycles. The fourth-order valence-corrected chi connectivity index (χ4v) is 1.78. The number of anilines is 1. The highest BCUT2D eigenvalue weighted by molar-refractivity contribution is 5.82. The zero-order chi connectivity index (χ0) is 14.7. The smallest absolute Gasteiger partial charge is 0.335 e. The molecule has 0 saturated carbocycles. The number of imidazole rings is 1. The highest BCUT2D eigenvalue weighted by Gasteiger charge is 2.24. The van der Waals surface area contributed by atoms with Gasteiger partial charge in [-0.1, -0.05) is 0 Å². The summed E-state index contributed by atoms with van der Waals surface area (Å²) in [6.45, 7) is 2.45. The van der Waals surface area contributed by atoms with E-state index in [2.05, 4.69) is 20.3 Å². The normalized spacial score (nSPS) is 14.2. The molecule has 2 aromatic rings. The Balaban J connectivity index is 2.28. The van der Waals surface area contributed by atoms with Gasteiger partial charge >= 0.3 is 5.97 Å². The number of rotatable bonds is 6. The molecule has 0 aromatic carbocycles. The lowest BCUT2D eigenvalue weighted by molar-refractivity contribution is -0.153. The molecule has 20 heavy (non-hydrogen) atoms. The fraction of sp³-hybridized carbons (Fsp3) is 0.455. The van der Waals surface area contributed by atoms with Crippen molar-refractivity contribution in [2.75, 3.05) is 11.9 Å². The Hall–Kier alpha value is -2.26. The van der Waals surface area contributed by atoms with Crippen LogP contribution in [0, 0.1) is 0 Å². The predicted molar refractivity (Wildman–Crippen MR) is 69.1 cm³/mol. The molecule has 0 aliphatic rings. The van der Waals surface area contributed by atoms with Crippen LogP contribution in [0.4, 0.5) is 5.82 Å². The van der Waals surface area contributed by atoms with Crippen LogP contribution in [0.5, 0.6) is 0 Å². The van der Waals surface area contributed by atoms with Crippen molar-refractivity contribution in [1.82, 2.24) is 19.5 Å². The van der Waals surface area contributed by atoms with E-state index in [0.717, 1.165) is 0 Å². The Morgan fingerprint density at radius 1 is 1.40 bits per heavy atom. The van der Waals surface area contributed by atoms with E-state index in [9.17, 15) is 15.0 Å². The third-order valence-electron chi connectivity index (χ3n) is 2.75. The standard InChI is InChI=1S/C11H15N5O4/c1-2-12-9-7-10(14-4-13-9)16(5-15-7)3-6(17)8(18)11(19)20/h4-6,8,17-18H,2-3H2,1H3,(H,19,20)(H,12,13,14)/t6-,8-/m1/s1. The molecule has 2 heterocycles. The number of fused-ring (bicyclic) bond motifs is 1. The minimum atomic E-state index is -1.86. The predicted octanol–water partition coefficient (Wildman–Crippen LogP) is -0.936. The Labute approximate surface area is 113 Å². The summed E-state index contributed by atoms with van der Waals surface area (Å²) in [5, 5.41) is 30.6. The van der Waals surface area contributed by atoms with Crippen LogP contribution in [0.3, 0.4) is 0 Å². The molecule has 0 bridgehead atoms. The second-order valence-corrected chi connectivity index (χ2v) is 4.17. The zero-order valence-corrected chi connectivity index (χ0v) is 10.8. The summed E-state index contributed by atoms with van der Waals surface area (Å²) in [6.07, 6.45) is -0.554. The molecule has 0 aliphatic carbocycles. The first-order chi connectivity index (χ1) is 9.54. The molecule has 0 unspecified atom stereocenters. The van der Waals surface area contributed by atoms with Gasteiger partial charge in [0.1, 0.15) is 17.9 Å². The largest absolute Gasteiger partial charge is 0.479 e. The van der Waals surface area contributed by atoms with Crippen LogP contribution in [0.15, 0.2) is 12.7 Å². The van der Waals surface area contributed by atoms with E-state index in [1.54, 1.807) is 0 Å². The molecular weight excluding hydrogens is 266 g/mol. The van der Waals surface area contributed by atoms with Gasteiger partial charge in [-0.15, -0.1) is 0 Å². The van der Waals surface area contributed by atoms with E-state index in [1.165, 1.54) is 17.2 Å². The van der Waals surface area contributed by atoms with Gasteiger partial charge in [-0.25, -0.2) is 19.7 Å². The molecule has 0 fully saturated rings. The molecule has 9 nitrogen and oxygen atoms in total. The summed E-state index contributed by atoms with van der Waals surface area (Å²) in [7, 11) is 0. The molecule has 2 atom stereocenters. The van der Waals surface area contributed by atoms with Crippen LogP contribution in [0.2, 0.25) is 0 Å². The number of aliphatic hydroxyl groups is 2. The van der Waals surface area contributed by atoms with Crippen molar-refractivity contribution < 1.29 is 20.1 Å². The van der Waals surface area contributed by atoms with Crippen LogP contribution in [0.1, 0.15) is 6.92 Å². The molecule has 0 radical (unpaired) electrons. The number of carboxylic acid groups (broad SMARTS) is 1. The fourth-order valence-electron chi connectivity index (χ4n) is 1.78. The average molecular weight is 281 g/mol. The van der Waals surface area contributed by atoms with Gasteiger partial charge in [0.25, 0.3) is 0 Å². The van der Waals surface area contributed by atoms with Crippen LogP contribution >= 0.6 is 0 Å². The molecular formula is C11H15N5O4. The van der Waals surface area contributed by atoms with Gasteiger partial charge in [0.05, 0.1) is 12.9 Å². The number of aliphatic carboxylic acids is 1. The molecule has 0 aliphatic heterocycles. The van der Waals surface area contributed by atoms with Gasteiger partial charge < -0.3 is 25.2 Å². The number of hydrogen-bond acceptors (Lipinski definition) is 7. The number of carboxylic acids is 1. The highest BCUT2D eigenvalue weighted by Crippen LogP contribution is 2.17. The SMILES string of the molecule is CCNc1ncnc2c1ncn2C[C@@H](O)[C@@H](O)C(=O)O. The van der Waals surface area contributed by atoms with E-state index < -0.39 is 18.2 Å². The number of nitrogens with zero attached hydrogens (tertiary/aromatic N) is 4. The number of aliphatic hydroxyl groups excluding tert-OH is 2. The van der Waals surface area contributed by atoms with E-state index in [4.69, 9.17) is 5.11 Å². The summed E-state index contributed by atoms with van der Waals surface area (Å²) < 4.78 is 1.47. The number of hydrogen-bond donors (Lipinski definition) is 4. The van der Waals surface area contributed by atoms with Gasteiger partial charge in [-0.3, -0.25) is 0 Å². The number of carbonyl (C=O) groups is 1. The Bertz CT molecular complexity index is 614. The maximum Gasteiger partial charge on any atom is 0.335 e. The maximum absolute atomic E-state index is 10.6. The van der Waals surface area contributed by atoms with Crippen molar-refractivity contribution in [1.29, 1.82) is 0 Å². The zero-order valence-electron chi connectivity index (χ0n) is 10.8. The summed E-state index contributed by atoms with van der Waals surface area (Å²) in [5.41, 5.74) is 0.971. The summed E-state index contributed by atoms with van der Waals surface area (Å²) in [5.74, 6) is -0.922. The quantitative estimate of drug-likeness (QED) is 0.533. The molecule has 0 saturated heterocycles. The van der Waals surface area contributed by atoms with E-state index in [-0.39, 0.29) is 6.54 Å². The number of nitrogens with one attached hydrogen (secondary N) is 1. The second kappa shape index (κ2) is 5.80. The van der Waals surface area contributed by atoms with E-state index in [0.29, 0.717) is 23.5 Å². The third-order valence-corrected chi connectivity index (χ3v) is 2.75. The first-order valence-electron chi connectivity index (χ1n) is 6.03. The maximum atomic E-state index is 10.6. The molecule has 108 valence electrons. The van der Waals surface area contributed by atoms with Crippen molar-refractivity contribution >= 4 is 23.0 Å².